The molecule has 0 spiro atoms. The van der Waals surface area contributed by atoms with E-state index in [1.165, 1.54) is 4.90 Å². The highest BCUT2D eigenvalue weighted by atomic mass is 35.5. The van der Waals surface area contributed by atoms with Gasteiger partial charge in [0.25, 0.3) is 5.91 Å². The quantitative estimate of drug-likeness (QED) is 0.876. The van der Waals surface area contributed by atoms with E-state index in [4.69, 9.17) is 21.9 Å². The lowest BCUT2D eigenvalue weighted by molar-refractivity contribution is 0.0782. The third-order valence-corrected chi connectivity index (χ3v) is 2.81. The van der Waals surface area contributed by atoms with Crippen molar-refractivity contribution in [1.82, 2.24) is 10.1 Å². The minimum atomic E-state index is -0.171. The van der Waals surface area contributed by atoms with E-state index < -0.39 is 0 Å². The summed E-state index contributed by atoms with van der Waals surface area (Å²) in [7, 11) is 1.68. The fourth-order valence-corrected chi connectivity index (χ4v) is 2.01. The smallest absolute Gasteiger partial charge is 0.254 e. The summed E-state index contributed by atoms with van der Waals surface area (Å²) in [6.45, 7) is 2.17. The number of carbonyl (C=O) groups is 1. The number of aryl methyl sites for hydroxylation is 1. The number of rotatable bonds is 3. The second kappa shape index (κ2) is 5.32. The fraction of sp³-hybridized carbons (Fsp3) is 0.231. The zero-order chi connectivity index (χ0) is 14.0. The molecule has 1 amide bonds. The Bertz CT molecular complexity index is 589. The van der Waals surface area contributed by atoms with Crippen LogP contribution in [-0.4, -0.2) is 23.0 Å². The van der Waals surface area contributed by atoms with Gasteiger partial charge in [0.1, 0.15) is 11.5 Å². The molecule has 0 unspecified atom stereocenters. The number of anilines is 1. The summed E-state index contributed by atoms with van der Waals surface area (Å²) in [6.07, 6.45) is 0. The molecule has 1 aromatic heterocycles. The first-order chi connectivity index (χ1) is 8.95. The number of nitrogen functional groups attached to an aromatic ring is 1. The van der Waals surface area contributed by atoms with Crippen LogP contribution in [0.3, 0.4) is 0 Å². The summed E-state index contributed by atoms with van der Waals surface area (Å²) in [5.74, 6) is 0.540. The van der Waals surface area contributed by atoms with E-state index in [-0.39, 0.29) is 5.91 Å². The summed E-state index contributed by atoms with van der Waals surface area (Å²) in [4.78, 5) is 13.7. The van der Waals surface area contributed by atoms with Gasteiger partial charge in [-0.25, -0.2) is 0 Å². The topological polar surface area (TPSA) is 72.4 Å². The number of amides is 1. The van der Waals surface area contributed by atoms with Crippen molar-refractivity contribution in [2.75, 3.05) is 12.8 Å². The van der Waals surface area contributed by atoms with Gasteiger partial charge in [-0.1, -0.05) is 16.8 Å². The molecule has 1 heterocycles. The van der Waals surface area contributed by atoms with Crippen LogP contribution in [0.5, 0.6) is 0 Å². The molecule has 100 valence electrons. The van der Waals surface area contributed by atoms with Crippen LogP contribution in [-0.2, 0) is 6.54 Å². The maximum atomic E-state index is 12.2. The Balaban J connectivity index is 2.14. The van der Waals surface area contributed by atoms with E-state index >= 15 is 0 Å². The highest BCUT2D eigenvalue weighted by molar-refractivity contribution is 6.31. The van der Waals surface area contributed by atoms with Gasteiger partial charge in [-0.3, -0.25) is 4.79 Å². The van der Waals surface area contributed by atoms with Crippen LogP contribution >= 0.6 is 11.6 Å². The lowest BCUT2D eigenvalue weighted by Crippen LogP contribution is -2.26. The molecule has 19 heavy (non-hydrogen) atoms. The van der Waals surface area contributed by atoms with Crippen molar-refractivity contribution in [3.05, 3.63) is 46.3 Å². The number of benzene rings is 1. The largest absolute Gasteiger partial charge is 0.399 e. The van der Waals surface area contributed by atoms with Crippen LogP contribution in [0.1, 0.15) is 21.8 Å². The van der Waals surface area contributed by atoms with Crippen molar-refractivity contribution in [3.63, 3.8) is 0 Å². The lowest BCUT2D eigenvalue weighted by atomic mass is 10.1. The molecule has 6 heteroatoms. The third kappa shape index (κ3) is 3.26. The van der Waals surface area contributed by atoms with E-state index in [9.17, 15) is 4.79 Å². The molecule has 0 saturated carbocycles. The van der Waals surface area contributed by atoms with Gasteiger partial charge in [-0.05, 0) is 25.1 Å². The molecule has 5 nitrogen and oxygen atoms in total. The van der Waals surface area contributed by atoms with E-state index in [0.29, 0.717) is 34.3 Å². The van der Waals surface area contributed by atoms with E-state index in [2.05, 4.69) is 5.16 Å². The SMILES string of the molecule is Cc1cc(CN(C)C(=O)c2cc(N)cc(Cl)c2)no1. The van der Waals surface area contributed by atoms with Gasteiger partial charge in [0.15, 0.2) is 0 Å². The van der Waals surface area contributed by atoms with Crippen LogP contribution in [0.4, 0.5) is 5.69 Å². The van der Waals surface area contributed by atoms with Crippen molar-refractivity contribution in [1.29, 1.82) is 0 Å². The molecule has 0 aliphatic heterocycles. The van der Waals surface area contributed by atoms with Crippen LogP contribution in [0.2, 0.25) is 5.02 Å². The number of nitrogens with two attached hydrogens (primary N) is 1. The Labute approximate surface area is 115 Å². The first-order valence-corrected chi connectivity index (χ1v) is 6.07. The van der Waals surface area contributed by atoms with Crippen molar-refractivity contribution < 1.29 is 9.32 Å². The Morgan fingerprint density at radius 3 is 2.74 bits per heavy atom. The van der Waals surface area contributed by atoms with Gasteiger partial charge in [-0.15, -0.1) is 0 Å². The molecule has 0 aliphatic rings. The Morgan fingerprint density at radius 2 is 2.16 bits per heavy atom. The molecule has 2 N–H and O–H groups in total. The predicted molar refractivity (Wildman–Crippen MR) is 72.9 cm³/mol. The van der Waals surface area contributed by atoms with Crippen molar-refractivity contribution in [2.45, 2.75) is 13.5 Å². The van der Waals surface area contributed by atoms with Crippen LogP contribution in [0.25, 0.3) is 0 Å². The summed E-state index contributed by atoms with van der Waals surface area (Å²) in [5.41, 5.74) is 7.28. The predicted octanol–water partition coefficient (Wildman–Crippen LogP) is 2.49. The van der Waals surface area contributed by atoms with Gasteiger partial charge >= 0.3 is 0 Å². The summed E-state index contributed by atoms with van der Waals surface area (Å²) < 4.78 is 4.96. The highest BCUT2D eigenvalue weighted by Gasteiger charge is 2.14. The lowest BCUT2D eigenvalue weighted by Gasteiger charge is -2.16. The van der Waals surface area contributed by atoms with Crippen molar-refractivity contribution in [3.8, 4) is 0 Å². The molecule has 0 radical (unpaired) electrons. The average molecular weight is 280 g/mol. The molecule has 0 fully saturated rings. The second-order valence-electron chi connectivity index (χ2n) is 4.36. The van der Waals surface area contributed by atoms with Crippen LogP contribution in [0, 0.1) is 6.92 Å². The Morgan fingerprint density at radius 1 is 1.42 bits per heavy atom. The maximum Gasteiger partial charge on any atom is 0.254 e. The van der Waals surface area contributed by atoms with Gasteiger partial charge in [0.05, 0.1) is 6.54 Å². The normalized spacial score (nSPS) is 10.5. The second-order valence-corrected chi connectivity index (χ2v) is 4.80. The number of hydrogen-bond acceptors (Lipinski definition) is 4. The van der Waals surface area contributed by atoms with E-state index in [0.717, 1.165) is 0 Å². The first-order valence-electron chi connectivity index (χ1n) is 5.69. The molecular weight excluding hydrogens is 266 g/mol. The third-order valence-electron chi connectivity index (χ3n) is 2.59. The zero-order valence-electron chi connectivity index (χ0n) is 10.7. The standard InChI is InChI=1S/C13H14ClN3O2/c1-8-3-12(16-19-8)7-17(2)13(18)9-4-10(14)6-11(15)5-9/h3-6H,7,15H2,1-2H3. The van der Waals surface area contributed by atoms with Gasteiger partial charge < -0.3 is 15.2 Å². The van der Waals surface area contributed by atoms with Gasteiger partial charge in [0.2, 0.25) is 0 Å². The van der Waals surface area contributed by atoms with Crippen molar-refractivity contribution in [2.24, 2.45) is 0 Å². The average Bonchev–Trinajstić information content (AvgIpc) is 2.72. The fourth-order valence-electron chi connectivity index (χ4n) is 1.76. The highest BCUT2D eigenvalue weighted by Crippen LogP contribution is 2.18. The first kappa shape index (κ1) is 13.4. The Hall–Kier alpha value is -2.01. The van der Waals surface area contributed by atoms with Gasteiger partial charge in [-0.2, -0.15) is 0 Å². The molecule has 0 bridgehead atoms. The molecule has 0 atom stereocenters. The van der Waals surface area contributed by atoms with E-state index in [1.54, 1.807) is 38.2 Å². The number of carbonyl (C=O) groups excluding carboxylic acids is 1. The summed E-state index contributed by atoms with van der Waals surface area (Å²) in [5, 5.41) is 4.29. The molecular formula is C13H14ClN3O2. The molecule has 2 aromatic rings. The van der Waals surface area contributed by atoms with Gasteiger partial charge in [0, 0.05) is 29.4 Å². The summed E-state index contributed by atoms with van der Waals surface area (Å²) >= 11 is 5.88. The number of hydrogen-bond donors (Lipinski definition) is 1. The number of halogens is 1. The van der Waals surface area contributed by atoms with Crippen molar-refractivity contribution >= 4 is 23.2 Å². The molecule has 0 saturated heterocycles. The van der Waals surface area contributed by atoms with Crippen LogP contribution in [0.15, 0.2) is 28.8 Å². The zero-order valence-corrected chi connectivity index (χ0v) is 11.4. The minimum absolute atomic E-state index is 0.171. The maximum absolute atomic E-state index is 12.2. The summed E-state index contributed by atoms with van der Waals surface area (Å²) in [6, 6.07) is 6.57. The number of aromatic nitrogens is 1. The van der Waals surface area contributed by atoms with Crippen LogP contribution < -0.4 is 5.73 Å². The Kier molecular flexibility index (Phi) is 3.76. The van der Waals surface area contributed by atoms with E-state index in [1.807, 2.05) is 0 Å². The molecule has 1 aromatic carbocycles. The molecule has 2 rings (SSSR count). The number of nitrogens with zero attached hydrogens (tertiary/aromatic N) is 2. The monoisotopic (exact) mass is 279 g/mol. The minimum Gasteiger partial charge on any atom is -0.399 e. The molecule has 0 aliphatic carbocycles.